The second-order valence-corrected chi connectivity index (χ2v) is 4.56. The SMILES string of the molecule is Clc1c(C2CCNC2)ccc2c1OCCO2. The molecule has 4 heteroatoms. The summed E-state index contributed by atoms with van der Waals surface area (Å²) in [5, 5.41) is 4.08. The van der Waals surface area contributed by atoms with Crippen molar-refractivity contribution < 1.29 is 9.47 Å². The van der Waals surface area contributed by atoms with Crippen LogP contribution >= 0.6 is 11.6 Å². The van der Waals surface area contributed by atoms with E-state index in [9.17, 15) is 0 Å². The van der Waals surface area contributed by atoms with E-state index in [-0.39, 0.29) is 0 Å². The van der Waals surface area contributed by atoms with E-state index in [2.05, 4.69) is 11.4 Å². The molecule has 16 heavy (non-hydrogen) atoms. The average molecular weight is 240 g/mol. The lowest BCUT2D eigenvalue weighted by Gasteiger charge is -2.22. The van der Waals surface area contributed by atoms with Crippen LogP contribution in [0, 0.1) is 0 Å². The van der Waals surface area contributed by atoms with E-state index in [0.29, 0.717) is 19.1 Å². The zero-order valence-corrected chi connectivity index (χ0v) is 9.72. The largest absolute Gasteiger partial charge is 0.486 e. The first kappa shape index (κ1) is 10.2. The lowest BCUT2D eigenvalue weighted by molar-refractivity contribution is 0.171. The predicted octanol–water partition coefficient (Wildman–Crippen LogP) is 2.19. The van der Waals surface area contributed by atoms with Gasteiger partial charge in [0.2, 0.25) is 0 Å². The normalized spacial score (nSPS) is 23.4. The molecule has 2 aliphatic rings. The van der Waals surface area contributed by atoms with E-state index < -0.39 is 0 Å². The van der Waals surface area contributed by atoms with Gasteiger partial charge in [-0.15, -0.1) is 0 Å². The van der Waals surface area contributed by atoms with Crippen molar-refractivity contribution >= 4 is 11.6 Å². The Hall–Kier alpha value is -0.930. The molecule has 1 fully saturated rings. The van der Waals surface area contributed by atoms with E-state index in [1.807, 2.05) is 6.07 Å². The van der Waals surface area contributed by atoms with Crippen molar-refractivity contribution in [1.29, 1.82) is 0 Å². The topological polar surface area (TPSA) is 30.5 Å². The lowest BCUT2D eigenvalue weighted by atomic mass is 9.98. The van der Waals surface area contributed by atoms with Crippen LogP contribution in [0.25, 0.3) is 0 Å². The maximum absolute atomic E-state index is 6.37. The summed E-state index contributed by atoms with van der Waals surface area (Å²) < 4.78 is 11.1. The minimum absolute atomic E-state index is 0.503. The molecule has 1 atom stereocenters. The minimum atomic E-state index is 0.503. The van der Waals surface area contributed by atoms with E-state index in [1.165, 1.54) is 5.56 Å². The highest BCUT2D eigenvalue weighted by atomic mass is 35.5. The third-order valence-electron chi connectivity index (χ3n) is 3.18. The lowest BCUT2D eigenvalue weighted by Crippen LogP contribution is -2.16. The highest BCUT2D eigenvalue weighted by molar-refractivity contribution is 6.33. The fraction of sp³-hybridized carbons (Fsp3) is 0.500. The maximum atomic E-state index is 6.37. The van der Waals surface area contributed by atoms with Crippen LogP contribution in [0.4, 0.5) is 0 Å². The van der Waals surface area contributed by atoms with E-state index >= 15 is 0 Å². The summed E-state index contributed by atoms with van der Waals surface area (Å²) in [4.78, 5) is 0. The third kappa shape index (κ3) is 1.64. The van der Waals surface area contributed by atoms with Gasteiger partial charge in [0.15, 0.2) is 11.5 Å². The molecule has 0 spiro atoms. The monoisotopic (exact) mass is 239 g/mol. The number of halogens is 1. The predicted molar refractivity (Wildman–Crippen MR) is 62.7 cm³/mol. The first-order valence-electron chi connectivity index (χ1n) is 5.65. The fourth-order valence-electron chi connectivity index (χ4n) is 2.33. The van der Waals surface area contributed by atoms with Crippen LogP contribution in [0.2, 0.25) is 5.02 Å². The smallest absolute Gasteiger partial charge is 0.180 e. The van der Waals surface area contributed by atoms with Gasteiger partial charge in [-0.1, -0.05) is 17.7 Å². The van der Waals surface area contributed by atoms with Gasteiger partial charge in [-0.2, -0.15) is 0 Å². The molecule has 2 aliphatic heterocycles. The highest BCUT2D eigenvalue weighted by Crippen LogP contribution is 2.42. The third-order valence-corrected chi connectivity index (χ3v) is 3.57. The van der Waals surface area contributed by atoms with Gasteiger partial charge in [0, 0.05) is 6.54 Å². The standard InChI is InChI=1S/C12H14ClNO2/c13-11-9(8-3-4-14-7-8)1-2-10-12(11)16-6-5-15-10/h1-2,8,14H,3-7H2. The molecule has 86 valence electrons. The molecule has 0 aromatic heterocycles. The van der Waals surface area contributed by atoms with Crippen LogP contribution in [-0.2, 0) is 0 Å². The molecule has 1 unspecified atom stereocenters. The first-order valence-corrected chi connectivity index (χ1v) is 6.03. The zero-order chi connectivity index (χ0) is 11.0. The Bertz CT molecular complexity index is 402. The Morgan fingerprint density at radius 1 is 1.25 bits per heavy atom. The van der Waals surface area contributed by atoms with Crippen LogP contribution in [0.3, 0.4) is 0 Å². The summed E-state index contributed by atoms with van der Waals surface area (Å²) in [5.41, 5.74) is 1.18. The number of rotatable bonds is 1. The molecule has 1 N–H and O–H groups in total. The Balaban J connectivity index is 1.99. The molecule has 0 saturated carbocycles. The van der Waals surface area contributed by atoms with Crippen molar-refractivity contribution in [3.05, 3.63) is 22.7 Å². The number of benzene rings is 1. The van der Waals surface area contributed by atoms with Gasteiger partial charge in [0.05, 0.1) is 5.02 Å². The molecule has 0 aliphatic carbocycles. The van der Waals surface area contributed by atoms with Gasteiger partial charge in [-0.3, -0.25) is 0 Å². The summed E-state index contributed by atoms with van der Waals surface area (Å²) in [5.74, 6) is 1.99. The fourth-order valence-corrected chi connectivity index (χ4v) is 2.70. The van der Waals surface area contributed by atoms with Gasteiger partial charge < -0.3 is 14.8 Å². The number of fused-ring (bicyclic) bond motifs is 1. The van der Waals surface area contributed by atoms with Crippen molar-refractivity contribution in [3.63, 3.8) is 0 Å². The molecule has 0 bridgehead atoms. The van der Waals surface area contributed by atoms with Crippen molar-refractivity contribution in [2.45, 2.75) is 12.3 Å². The van der Waals surface area contributed by atoms with Gasteiger partial charge in [-0.05, 0) is 30.5 Å². The van der Waals surface area contributed by atoms with Crippen molar-refractivity contribution in [1.82, 2.24) is 5.32 Å². The summed E-state index contributed by atoms with van der Waals surface area (Å²) in [6.07, 6.45) is 1.14. The Kier molecular flexibility index (Phi) is 2.65. The number of hydrogen-bond donors (Lipinski definition) is 1. The van der Waals surface area contributed by atoms with Gasteiger partial charge in [0.1, 0.15) is 13.2 Å². The molecule has 0 amide bonds. The second kappa shape index (κ2) is 4.15. The molecular weight excluding hydrogens is 226 g/mol. The van der Waals surface area contributed by atoms with Crippen LogP contribution in [0.1, 0.15) is 17.9 Å². The number of ether oxygens (including phenoxy) is 2. The molecule has 1 aromatic rings. The average Bonchev–Trinajstić information content (AvgIpc) is 2.83. The first-order chi connectivity index (χ1) is 7.86. The van der Waals surface area contributed by atoms with Crippen LogP contribution in [-0.4, -0.2) is 26.3 Å². The second-order valence-electron chi connectivity index (χ2n) is 4.18. The molecule has 1 aromatic carbocycles. The van der Waals surface area contributed by atoms with Gasteiger partial charge >= 0.3 is 0 Å². The van der Waals surface area contributed by atoms with Gasteiger partial charge in [0.25, 0.3) is 0 Å². The van der Waals surface area contributed by atoms with Crippen LogP contribution in [0.5, 0.6) is 11.5 Å². The van der Waals surface area contributed by atoms with E-state index in [1.54, 1.807) is 0 Å². The summed E-state index contributed by atoms with van der Waals surface area (Å²) in [7, 11) is 0. The Labute approximate surface area is 99.7 Å². The summed E-state index contributed by atoms with van der Waals surface area (Å²) in [6, 6.07) is 4.03. The number of nitrogens with one attached hydrogen (secondary N) is 1. The molecule has 2 heterocycles. The van der Waals surface area contributed by atoms with Crippen molar-refractivity contribution in [3.8, 4) is 11.5 Å². The molecule has 1 saturated heterocycles. The highest BCUT2D eigenvalue weighted by Gasteiger charge is 2.24. The molecular formula is C12H14ClNO2. The quantitative estimate of drug-likeness (QED) is 0.815. The Morgan fingerprint density at radius 3 is 2.94 bits per heavy atom. The minimum Gasteiger partial charge on any atom is -0.486 e. The van der Waals surface area contributed by atoms with Crippen molar-refractivity contribution in [2.75, 3.05) is 26.3 Å². The summed E-state index contributed by atoms with van der Waals surface area (Å²) in [6.45, 7) is 3.25. The van der Waals surface area contributed by atoms with E-state index in [0.717, 1.165) is 36.0 Å². The number of hydrogen-bond acceptors (Lipinski definition) is 3. The van der Waals surface area contributed by atoms with Crippen molar-refractivity contribution in [2.24, 2.45) is 0 Å². The van der Waals surface area contributed by atoms with E-state index in [4.69, 9.17) is 21.1 Å². The molecule has 3 rings (SSSR count). The van der Waals surface area contributed by atoms with Crippen LogP contribution < -0.4 is 14.8 Å². The molecule has 3 nitrogen and oxygen atoms in total. The Morgan fingerprint density at radius 2 is 2.12 bits per heavy atom. The summed E-state index contributed by atoms with van der Waals surface area (Å²) >= 11 is 6.37. The zero-order valence-electron chi connectivity index (χ0n) is 8.96. The molecule has 0 radical (unpaired) electrons. The van der Waals surface area contributed by atoms with Gasteiger partial charge in [-0.25, -0.2) is 0 Å². The maximum Gasteiger partial charge on any atom is 0.180 e. The van der Waals surface area contributed by atoms with Crippen LogP contribution in [0.15, 0.2) is 12.1 Å².